The molecule has 0 heterocycles. The average Bonchev–Trinajstić information content (AvgIpc) is 1.41. The molecule has 0 aromatic rings. The monoisotopic (exact) mass is 185 g/mol. The fourth-order valence-electron chi connectivity index (χ4n) is 0. The van der Waals surface area contributed by atoms with Gasteiger partial charge in [0.25, 0.3) is 0 Å². The standard InChI is InChI=1S/CH4O.3ClH.Ti/c1-2;;;;/h2H,1H3;3*1H;/q;;;;+3/p-3. The molecule has 0 spiro atoms. The first-order chi connectivity index (χ1) is 2.73. The van der Waals surface area contributed by atoms with Crippen LogP contribution in [0.15, 0.2) is 0 Å². The predicted molar refractivity (Wildman–Crippen MR) is 25.7 cm³/mol. The second-order valence-electron chi connectivity index (χ2n) is 0.214. The topological polar surface area (TPSA) is 20.2 Å². The molecule has 0 saturated heterocycles. The van der Waals surface area contributed by atoms with Gasteiger partial charge in [0.15, 0.2) is 0 Å². The van der Waals surface area contributed by atoms with Gasteiger partial charge in [-0.25, -0.2) is 0 Å². The first-order valence-electron chi connectivity index (χ1n) is 1.01. The molecule has 0 radical (unpaired) electrons. The van der Waals surface area contributed by atoms with Crippen molar-refractivity contribution in [1.29, 1.82) is 0 Å². The zero-order valence-electron chi connectivity index (χ0n) is 3.08. The Bertz CT molecular complexity index is 15.5. The number of rotatable bonds is 0. The summed E-state index contributed by atoms with van der Waals surface area (Å²) < 4.78 is 0. The second-order valence-corrected chi connectivity index (χ2v) is 7.95. The van der Waals surface area contributed by atoms with Gasteiger partial charge in [0.05, 0.1) is 0 Å². The van der Waals surface area contributed by atoms with E-state index in [9.17, 15) is 0 Å². The summed E-state index contributed by atoms with van der Waals surface area (Å²) in [5.41, 5.74) is 0. The number of hydrogen-bond donors (Lipinski definition) is 1. The molecule has 6 heavy (non-hydrogen) atoms. The summed E-state index contributed by atoms with van der Waals surface area (Å²) in [5, 5.41) is 7.00. The van der Waals surface area contributed by atoms with Crippen LogP contribution in [0.2, 0.25) is 0 Å². The van der Waals surface area contributed by atoms with Crippen LogP contribution >= 0.6 is 27.9 Å². The third-order valence-electron chi connectivity index (χ3n) is 0. The Kier molecular flexibility index (Phi) is 17.1. The molecule has 0 bridgehead atoms. The Morgan fingerprint density at radius 3 is 1.17 bits per heavy atom. The molecule has 0 aliphatic carbocycles. The van der Waals surface area contributed by atoms with E-state index in [1.165, 1.54) is 0 Å². The van der Waals surface area contributed by atoms with Gasteiger partial charge in [0, 0.05) is 7.11 Å². The van der Waals surface area contributed by atoms with Gasteiger partial charge < -0.3 is 5.11 Å². The molecule has 0 atom stereocenters. The molecule has 5 heteroatoms. The summed E-state index contributed by atoms with van der Waals surface area (Å²) in [5.74, 6) is 0. The van der Waals surface area contributed by atoms with Crippen LogP contribution in [0.1, 0.15) is 0 Å². The van der Waals surface area contributed by atoms with E-state index in [1.54, 1.807) is 0 Å². The van der Waals surface area contributed by atoms with Gasteiger partial charge >= 0.3 is 42.6 Å². The van der Waals surface area contributed by atoms with Gasteiger partial charge in [0.2, 0.25) is 0 Å². The van der Waals surface area contributed by atoms with Crippen molar-refractivity contribution >= 4 is 27.9 Å². The van der Waals surface area contributed by atoms with Gasteiger partial charge in [-0.2, -0.15) is 0 Å². The molecule has 0 unspecified atom stereocenters. The Morgan fingerprint density at radius 1 is 1.17 bits per heavy atom. The van der Waals surface area contributed by atoms with E-state index in [1.807, 2.05) is 0 Å². The first-order valence-corrected chi connectivity index (χ1v) is 7.46. The van der Waals surface area contributed by atoms with Gasteiger partial charge in [-0.15, -0.1) is 0 Å². The third kappa shape index (κ3) is 48.0. The van der Waals surface area contributed by atoms with Crippen molar-refractivity contribution in [3.05, 3.63) is 0 Å². The molecule has 0 fully saturated rings. The van der Waals surface area contributed by atoms with E-state index in [2.05, 4.69) is 0 Å². The van der Waals surface area contributed by atoms with Crippen molar-refractivity contribution in [2.75, 3.05) is 7.11 Å². The van der Waals surface area contributed by atoms with Crippen LogP contribution < -0.4 is 0 Å². The minimum absolute atomic E-state index is 1.00. The van der Waals surface area contributed by atoms with E-state index in [0.29, 0.717) is 0 Å². The van der Waals surface area contributed by atoms with Crippen molar-refractivity contribution in [2.24, 2.45) is 0 Å². The fraction of sp³-hybridized carbons (Fsp3) is 1.00. The number of hydrogen-bond acceptors (Lipinski definition) is 1. The van der Waals surface area contributed by atoms with Gasteiger partial charge in [-0.05, 0) is 0 Å². The summed E-state index contributed by atoms with van der Waals surface area (Å²) in [7, 11) is 15.9. The zero-order chi connectivity index (χ0) is 5.58. The van der Waals surface area contributed by atoms with Crippen LogP contribution in [0.4, 0.5) is 0 Å². The molecular formula is CH4Cl3OTi. The summed E-state index contributed by atoms with van der Waals surface area (Å²) in [6.07, 6.45) is 0. The molecule has 0 aromatic carbocycles. The van der Waals surface area contributed by atoms with E-state index in [-0.39, 0.29) is 0 Å². The maximum absolute atomic E-state index is 7.00. The maximum atomic E-state index is 7.00. The van der Waals surface area contributed by atoms with Crippen LogP contribution in [-0.2, 0) is 14.7 Å². The van der Waals surface area contributed by atoms with Crippen LogP contribution in [0.25, 0.3) is 0 Å². The molecular weight excluding hydrogens is 182 g/mol. The molecule has 0 rings (SSSR count). The molecule has 39 valence electrons. The normalized spacial score (nSPS) is 5.50. The summed E-state index contributed by atoms with van der Waals surface area (Å²) >= 11 is -1.92. The van der Waals surface area contributed by atoms with Crippen LogP contribution in [0.3, 0.4) is 0 Å². The van der Waals surface area contributed by atoms with Crippen molar-refractivity contribution in [3.8, 4) is 0 Å². The van der Waals surface area contributed by atoms with Gasteiger partial charge in [0.1, 0.15) is 0 Å². The number of aliphatic hydroxyl groups is 1. The Hall–Kier alpha value is 1.54. The first kappa shape index (κ1) is 10.5. The molecule has 1 nitrogen and oxygen atoms in total. The van der Waals surface area contributed by atoms with Crippen LogP contribution in [0.5, 0.6) is 0 Å². The number of halogens is 3. The van der Waals surface area contributed by atoms with E-state index in [0.717, 1.165) is 7.11 Å². The summed E-state index contributed by atoms with van der Waals surface area (Å²) in [6.45, 7) is 0. The summed E-state index contributed by atoms with van der Waals surface area (Å²) in [6, 6.07) is 0. The third-order valence-corrected chi connectivity index (χ3v) is 0. The Labute approximate surface area is 54.7 Å². The van der Waals surface area contributed by atoms with Crippen molar-refractivity contribution < 1.29 is 19.8 Å². The molecule has 0 aliphatic heterocycles. The minimum atomic E-state index is -1.92. The molecule has 1 N–H and O–H groups in total. The SMILES string of the molecule is CO.[Cl][Ti]([Cl])[Cl]. The van der Waals surface area contributed by atoms with Gasteiger partial charge in [-0.3, -0.25) is 0 Å². The molecule has 0 amide bonds. The molecule has 0 aliphatic rings. The molecule has 0 saturated carbocycles. The van der Waals surface area contributed by atoms with E-state index in [4.69, 9.17) is 33.0 Å². The van der Waals surface area contributed by atoms with Crippen LogP contribution in [-0.4, -0.2) is 12.2 Å². The fourth-order valence-corrected chi connectivity index (χ4v) is 0. The Morgan fingerprint density at radius 2 is 1.17 bits per heavy atom. The van der Waals surface area contributed by atoms with Crippen LogP contribution in [0, 0.1) is 0 Å². The average molecular weight is 186 g/mol. The summed E-state index contributed by atoms with van der Waals surface area (Å²) in [4.78, 5) is 0. The van der Waals surface area contributed by atoms with Crippen molar-refractivity contribution in [2.45, 2.75) is 0 Å². The quantitative estimate of drug-likeness (QED) is 0.571. The van der Waals surface area contributed by atoms with Crippen molar-refractivity contribution in [3.63, 3.8) is 0 Å². The zero-order valence-corrected chi connectivity index (χ0v) is 6.91. The molecule has 0 aromatic heterocycles. The predicted octanol–water partition coefficient (Wildman–Crippen LogP) is 1.67. The number of aliphatic hydroxyl groups excluding tert-OH is 1. The van der Waals surface area contributed by atoms with E-state index < -0.39 is 14.7 Å². The van der Waals surface area contributed by atoms with E-state index >= 15 is 0 Å². The Balaban J connectivity index is 0. The van der Waals surface area contributed by atoms with Crippen molar-refractivity contribution in [1.82, 2.24) is 0 Å². The van der Waals surface area contributed by atoms with Gasteiger partial charge in [-0.1, -0.05) is 0 Å². The second kappa shape index (κ2) is 9.74.